The molecule has 0 saturated carbocycles. The van der Waals surface area contributed by atoms with Gasteiger partial charge in [0.15, 0.2) is 6.54 Å². The van der Waals surface area contributed by atoms with Crippen LogP contribution in [0.5, 0.6) is 0 Å². The third-order valence-electron chi connectivity index (χ3n) is 4.69. The van der Waals surface area contributed by atoms with E-state index >= 15 is 0 Å². The molecule has 0 bridgehead atoms. The highest BCUT2D eigenvalue weighted by Crippen LogP contribution is 2.19. The van der Waals surface area contributed by atoms with Crippen LogP contribution >= 0.6 is 0 Å². The van der Waals surface area contributed by atoms with Gasteiger partial charge >= 0.3 is 0 Å². The molecule has 1 aromatic rings. The van der Waals surface area contributed by atoms with Gasteiger partial charge in [-0.05, 0) is 57.9 Å². The second-order valence-corrected chi connectivity index (χ2v) is 10.2. The number of nitrogens with one attached hydrogen (secondary N) is 2. The van der Waals surface area contributed by atoms with Crippen molar-refractivity contribution in [3.8, 4) is 0 Å². The Labute approximate surface area is 157 Å². The monoisotopic (exact) mass is 382 g/mol. The van der Waals surface area contributed by atoms with Gasteiger partial charge in [0.1, 0.15) is 0 Å². The maximum Gasteiger partial charge on any atom is 0.275 e. The maximum absolute atomic E-state index is 13.0. The summed E-state index contributed by atoms with van der Waals surface area (Å²) in [6.07, 6.45) is 0.752. The Morgan fingerprint density at radius 1 is 1.15 bits per heavy atom. The minimum atomic E-state index is -3.49. The van der Waals surface area contributed by atoms with Gasteiger partial charge in [-0.2, -0.15) is 4.31 Å². The average Bonchev–Trinajstić information content (AvgIpc) is 2.74. The van der Waals surface area contributed by atoms with Crippen molar-refractivity contribution in [2.75, 3.05) is 32.7 Å². The lowest BCUT2D eigenvalue weighted by Gasteiger charge is -2.23. The normalized spacial score (nSPS) is 19.8. The molecule has 1 fully saturated rings. The predicted molar refractivity (Wildman–Crippen MR) is 103 cm³/mol. The molecule has 26 heavy (non-hydrogen) atoms. The smallest absolute Gasteiger partial charge is 0.275 e. The lowest BCUT2D eigenvalue weighted by Crippen LogP contribution is -3.13. The number of carbonyl (C=O) groups excluding carboxylic acids is 1. The van der Waals surface area contributed by atoms with Crippen LogP contribution in [0.2, 0.25) is 0 Å². The number of sulfonamides is 1. The zero-order chi connectivity index (χ0) is 19.5. The first kappa shape index (κ1) is 20.9. The third kappa shape index (κ3) is 5.53. The van der Waals surface area contributed by atoms with Gasteiger partial charge < -0.3 is 10.2 Å². The van der Waals surface area contributed by atoms with Crippen LogP contribution in [-0.2, 0) is 14.8 Å². The number of quaternary nitrogens is 1. The second kappa shape index (κ2) is 8.06. The van der Waals surface area contributed by atoms with Gasteiger partial charge in [-0.3, -0.25) is 4.79 Å². The highest BCUT2D eigenvalue weighted by atomic mass is 32.2. The van der Waals surface area contributed by atoms with Gasteiger partial charge in [0.2, 0.25) is 10.0 Å². The average molecular weight is 383 g/mol. The van der Waals surface area contributed by atoms with Crippen LogP contribution in [0, 0.1) is 13.8 Å². The van der Waals surface area contributed by atoms with Crippen LogP contribution in [-0.4, -0.2) is 56.9 Å². The molecule has 0 aliphatic carbocycles. The van der Waals surface area contributed by atoms with E-state index in [0.29, 0.717) is 31.1 Å². The number of rotatable bonds is 4. The van der Waals surface area contributed by atoms with E-state index in [9.17, 15) is 13.2 Å². The van der Waals surface area contributed by atoms with Crippen LogP contribution in [0.25, 0.3) is 0 Å². The summed E-state index contributed by atoms with van der Waals surface area (Å²) in [6, 6.07) is 5.29. The number of nitrogens with zero attached hydrogens (tertiary/aromatic N) is 1. The van der Waals surface area contributed by atoms with Gasteiger partial charge in [-0.25, -0.2) is 8.42 Å². The number of benzene rings is 1. The fourth-order valence-electron chi connectivity index (χ4n) is 3.16. The molecule has 1 aliphatic heterocycles. The highest BCUT2D eigenvalue weighted by Gasteiger charge is 2.29. The topological polar surface area (TPSA) is 70.9 Å². The lowest BCUT2D eigenvalue weighted by molar-refractivity contribution is -0.889. The molecule has 1 aromatic carbocycles. The predicted octanol–water partition coefficient (Wildman–Crippen LogP) is 0.497. The third-order valence-corrected chi connectivity index (χ3v) is 6.59. The number of aryl methyl sites for hydroxylation is 2. The summed E-state index contributed by atoms with van der Waals surface area (Å²) in [5, 5.41) is 2.97. The second-order valence-electron chi connectivity index (χ2n) is 8.23. The van der Waals surface area contributed by atoms with E-state index in [-0.39, 0.29) is 11.4 Å². The Morgan fingerprint density at radius 3 is 2.46 bits per heavy atom. The zero-order valence-electron chi connectivity index (χ0n) is 16.6. The van der Waals surface area contributed by atoms with E-state index < -0.39 is 10.0 Å². The van der Waals surface area contributed by atoms with Gasteiger partial charge in [-0.1, -0.05) is 6.07 Å². The van der Waals surface area contributed by atoms with Gasteiger partial charge in [0.25, 0.3) is 5.91 Å². The summed E-state index contributed by atoms with van der Waals surface area (Å²) in [6.45, 7) is 12.5. The molecule has 1 heterocycles. The first-order valence-electron chi connectivity index (χ1n) is 9.21. The van der Waals surface area contributed by atoms with Crippen LogP contribution in [0.1, 0.15) is 38.3 Å². The highest BCUT2D eigenvalue weighted by molar-refractivity contribution is 7.89. The van der Waals surface area contributed by atoms with Gasteiger partial charge in [0.05, 0.1) is 24.5 Å². The van der Waals surface area contributed by atoms with Gasteiger partial charge in [0, 0.05) is 18.5 Å². The van der Waals surface area contributed by atoms with Crippen LogP contribution in [0.4, 0.5) is 0 Å². The molecule has 0 spiro atoms. The van der Waals surface area contributed by atoms with Crippen LogP contribution in [0.3, 0.4) is 0 Å². The summed E-state index contributed by atoms with van der Waals surface area (Å²) in [7, 11) is -3.49. The van der Waals surface area contributed by atoms with Crippen molar-refractivity contribution in [2.45, 2.75) is 51.5 Å². The summed E-state index contributed by atoms with van der Waals surface area (Å²) in [5.74, 6) is 0.0120. The molecule has 146 valence electrons. The SMILES string of the molecule is Cc1ccc(S(=O)(=O)N2CCC[NH+](CC(=O)NC(C)(C)C)CC2)cc1C. The zero-order valence-corrected chi connectivity index (χ0v) is 17.4. The van der Waals surface area contributed by atoms with Crippen molar-refractivity contribution in [1.82, 2.24) is 9.62 Å². The number of hydrogen-bond donors (Lipinski definition) is 2. The molecular weight excluding hydrogens is 350 g/mol. The molecule has 1 unspecified atom stereocenters. The maximum atomic E-state index is 13.0. The van der Waals surface area contributed by atoms with E-state index in [0.717, 1.165) is 29.0 Å². The molecule has 2 rings (SSSR count). The van der Waals surface area contributed by atoms with Crippen molar-refractivity contribution in [3.63, 3.8) is 0 Å². The fraction of sp³-hybridized carbons (Fsp3) is 0.632. The summed E-state index contributed by atoms with van der Waals surface area (Å²) >= 11 is 0. The Bertz CT molecular complexity index is 754. The molecule has 0 radical (unpaired) electrons. The van der Waals surface area contributed by atoms with E-state index in [1.165, 1.54) is 0 Å². The molecule has 1 amide bonds. The number of amides is 1. The Kier molecular flexibility index (Phi) is 6.47. The van der Waals surface area contributed by atoms with Crippen molar-refractivity contribution in [3.05, 3.63) is 29.3 Å². The number of carbonyl (C=O) groups is 1. The minimum absolute atomic E-state index is 0.0120. The Hall–Kier alpha value is -1.44. The molecule has 2 N–H and O–H groups in total. The largest absolute Gasteiger partial charge is 0.347 e. The molecule has 1 saturated heterocycles. The standard InChI is InChI=1S/C19H31N3O3S/c1-15-7-8-17(13-16(15)2)26(24,25)22-10-6-9-21(11-12-22)14-18(23)20-19(3,4)5/h7-8,13H,6,9-12,14H2,1-5H3,(H,20,23)/p+1. The molecule has 1 atom stereocenters. The minimum Gasteiger partial charge on any atom is -0.347 e. The van der Waals surface area contributed by atoms with Crippen molar-refractivity contribution in [1.29, 1.82) is 0 Å². The van der Waals surface area contributed by atoms with E-state index in [4.69, 9.17) is 0 Å². The van der Waals surface area contributed by atoms with E-state index in [1.54, 1.807) is 16.4 Å². The molecule has 6 nitrogen and oxygen atoms in total. The first-order valence-corrected chi connectivity index (χ1v) is 10.6. The van der Waals surface area contributed by atoms with E-state index in [1.807, 2.05) is 40.7 Å². The molecule has 1 aliphatic rings. The number of hydrogen-bond acceptors (Lipinski definition) is 3. The van der Waals surface area contributed by atoms with Gasteiger partial charge in [-0.15, -0.1) is 0 Å². The quantitative estimate of drug-likeness (QED) is 0.797. The first-order chi connectivity index (χ1) is 12.0. The lowest BCUT2D eigenvalue weighted by atomic mass is 10.1. The molecular formula is C19H32N3O3S+. The van der Waals surface area contributed by atoms with E-state index in [2.05, 4.69) is 5.32 Å². The summed E-state index contributed by atoms with van der Waals surface area (Å²) in [4.78, 5) is 13.6. The molecule has 7 heteroatoms. The van der Waals surface area contributed by atoms with Crippen molar-refractivity contribution >= 4 is 15.9 Å². The Morgan fingerprint density at radius 2 is 1.85 bits per heavy atom. The Balaban J connectivity index is 2.03. The van der Waals surface area contributed by atoms with Crippen LogP contribution < -0.4 is 10.2 Å². The van der Waals surface area contributed by atoms with Crippen LogP contribution in [0.15, 0.2) is 23.1 Å². The molecule has 0 aromatic heterocycles. The summed E-state index contributed by atoms with van der Waals surface area (Å²) in [5.41, 5.74) is 1.81. The van der Waals surface area contributed by atoms with Crippen molar-refractivity contribution < 1.29 is 18.1 Å². The fourth-order valence-corrected chi connectivity index (χ4v) is 4.72. The summed E-state index contributed by atoms with van der Waals surface area (Å²) < 4.78 is 27.5. The van der Waals surface area contributed by atoms with Crippen molar-refractivity contribution in [2.24, 2.45) is 0 Å².